The Kier molecular flexibility index (Phi) is 4.81. The Morgan fingerprint density at radius 3 is 2.78 bits per heavy atom. The van der Waals surface area contributed by atoms with Crippen molar-refractivity contribution in [1.29, 1.82) is 0 Å². The van der Waals surface area contributed by atoms with Gasteiger partial charge in [-0.2, -0.15) is 0 Å². The molecule has 0 aliphatic carbocycles. The molecule has 0 N–H and O–H groups in total. The highest BCUT2D eigenvalue weighted by molar-refractivity contribution is 6.30. The maximum absolute atomic E-state index is 12.1. The van der Waals surface area contributed by atoms with Gasteiger partial charge in [0, 0.05) is 34.2 Å². The zero-order valence-corrected chi connectivity index (χ0v) is 15.1. The fourth-order valence-electron chi connectivity index (χ4n) is 2.85. The van der Waals surface area contributed by atoms with Crippen LogP contribution in [-0.2, 0) is 16.1 Å². The lowest BCUT2D eigenvalue weighted by Crippen LogP contribution is -2.02. The van der Waals surface area contributed by atoms with Crippen LogP contribution < -0.4 is 0 Å². The van der Waals surface area contributed by atoms with E-state index in [1.54, 1.807) is 12.3 Å². The van der Waals surface area contributed by atoms with Gasteiger partial charge in [-0.05, 0) is 24.3 Å². The summed E-state index contributed by atoms with van der Waals surface area (Å²) in [7, 11) is 0. The van der Waals surface area contributed by atoms with Crippen molar-refractivity contribution in [3.63, 3.8) is 0 Å². The lowest BCUT2D eigenvalue weighted by atomic mass is 10.1. The molecule has 0 fully saturated rings. The molecule has 4 nitrogen and oxygen atoms in total. The van der Waals surface area contributed by atoms with E-state index in [0.29, 0.717) is 10.7 Å². The number of halogens is 1. The minimum atomic E-state index is -0.452. The molecule has 0 aliphatic heterocycles. The van der Waals surface area contributed by atoms with Crippen molar-refractivity contribution in [2.45, 2.75) is 6.61 Å². The number of benzene rings is 2. The zero-order chi connectivity index (χ0) is 18.6. The SMILES string of the molecule is O=C(/C=C\c1cccc2cccnc12)OCc1cc2ccccc2nc1Cl. The van der Waals surface area contributed by atoms with E-state index in [0.717, 1.165) is 27.4 Å². The molecule has 0 radical (unpaired) electrons. The molecule has 2 aromatic heterocycles. The first-order chi connectivity index (χ1) is 13.2. The van der Waals surface area contributed by atoms with E-state index >= 15 is 0 Å². The molecule has 4 rings (SSSR count). The molecule has 5 heteroatoms. The number of carbonyl (C=O) groups is 1. The minimum absolute atomic E-state index is 0.0631. The number of carbonyl (C=O) groups excluding carboxylic acids is 1. The molecule has 0 bridgehead atoms. The van der Waals surface area contributed by atoms with Gasteiger partial charge in [0.15, 0.2) is 0 Å². The standard InChI is InChI=1S/C22H15ClN2O2/c23-22-18(13-17-5-1-2-9-19(17)25-22)14-27-20(26)11-10-16-7-3-6-15-8-4-12-24-21(15)16/h1-13H,14H2/b11-10-. The van der Waals surface area contributed by atoms with Crippen LogP contribution in [-0.4, -0.2) is 15.9 Å². The molecule has 0 saturated carbocycles. The molecule has 0 spiro atoms. The molecular weight excluding hydrogens is 360 g/mol. The number of hydrogen-bond acceptors (Lipinski definition) is 4. The maximum Gasteiger partial charge on any atom is 0.331 e. The number of ether oxygens (including phenoxy) is 1. The van der Waals surface area contributed by atoms with Crippen LogP contribution in [0.4, 0.5) is 0 Å². The molecule has 0 saturated heterocycles. The summed E-state index contributed by atoms with van der Waals surface area (Å²) >= 11 is 6.20. The van der Waals surface area contributed by atoms with Crippen molar-refractivity contribution in [2.24, 2.45) is 0 Å². The Balaban J connectivity index is 1.48. The predicted octanol–water partition coefficient (Wildman–Crippen LogP) is 5.19. The summed E-state index contributed by atoms with van der Waals surface area (Å²) in [6.45, 7) is 0.0631. The van der Waals surface area contributed by atoms with Crippen LogP contribution >= 0.6 is 11.6 Å². The molecule has 2 aromatic carbocycles. The van der Waals surface area contributed by atoms with E-state index in [4.69, 9.17) is 16.3 Å². The molecule has 2 heterocycles. The third-order valence-corrected chi connectivity index (χ3v) is 4.51. The van der Waals surface area contributed by atoms with Gasteiger partial charge >= 0.3 is 5.97 Å². The summed E-state index contributed by atoms with van der Waals surface area (Å²) in [6.07, 6.45) is 4.83. The molecule has 0 amide bonds. The molecular formula is C22H15ClN2O2. The molecule has 0 atom stereocenters. The van der Waals surface area contributed by atoms with Crippen LogP contribution in [0.3, 0.4) is 0 Å². The van der Waals surface area contributed by atoms with E-state index < -0.39 is 5.97 Å². The third kappa shape index (κ3) is 3.81. The van der Waals surface area contributed by atoms with Crippen molar-refractivity contribution in [3.8, 4) is 0 Å². The number of rotatable bonds is 4. The highest BCUT2D eigenvalue weighted by Crippen LogP contribution is 2.21. The number of pyridine rings is 2. The largest absolute Gasteiger partial charge is 0.458 e. The summed E-state index contributed by atoms with van der Waals surface area (Å²) < 4.78 is 5.32. The number of aromatic nitrogens is 2. The van der Waals surface area contributed by atoms with Gasteiger partial charge in [-0.1, -0.05) is 54.1 Å². The number of nitrogens with zero attached hydrogens (tertiary/aromatic N) is 2. The van der Waals surface area contributed by atoms with Gasteiger partial charge in [-0.15, -0.1) is 0 Å². The summed E-state index contributed by atoms with van der Waals surface area (Å²) in [5, 5.41) is 2.30. The van der Waals surface area contributed by atoms with Crippen molar-refractivity contribution in [2.75, 3.05) is 0 Å². The smallest absolute Gasteiger partial charge is 0.331 e. The van der Waals surface area contributed by atoms with Crippen LogP contribution in [0, 0.1) is 0 Å². The number of esters is 1. The van der Waals surface area contributed by atoms with Gasteiger partial charge in [-0.25, -0.2) is 9.78 Å². The first kappa shape index (κ1) is 17.2. The predicted molar refractivity (Wildman–Crippen MR) is 107 cm³/mol. The Hall–Kier alpha value is -3.24. The first-order valence-electron chi connectivity index (χ1n) is 8.43. The van der Waals surface area contributed by atoms with Crippen molar-refractivity contribution in [3.05, 3.63) is 89.2 Å². The van der Waals surface area contributed by atoms with Gasteiger partial charge in [0.25, 0.3) is 0 Å². The Morgan fingerprint density at radius 1 is 1.04 bits per heavy atom. The second-order valence-electron chi connectivity index (χ2n) is 5.99. The fourth-order valence-corrected chi connectivity index (χ4v) is 3.05. The van der Waals surface area contributed by atoms with Crippen molar-refractivity contribution < 1.29 is 9.53 Å². The maximum atomic E-state index is 12.1. The van der Waals surface area contributed by atoms with Gasteiger partial charge < -0.3 is 4.74 Å². The topological polar surface area (TPSA) is 52.1 Å². The molecule has 0 aliphatic rings. The molecule has 132 valence electrons. The van der Waals surface area contributed by atoms with Gasteiger partial charge in [0.1, 0.15) is 11.8 Å². The number of para-hydroxylation sites is 2. The Morgan fingerprint density at radius 2 is 1.85 bits per heavy atom. The molecule has 4 aromatic rings. The number of hydrogen-bond donors (Lipinski definition) is 0. The second kappa shape index (κ2) is 7.56. The zero-order valence-electron chi connectivity index (χ0n) is 14.3. The van der Waals surface area contributed by atoms with Crippen molar-refractivity contribution >= 4 is 45.5 Å². The first-order valence-corrected chi connectivity index (χ1v) is 8.81. The van der Waals surface area contributed by atoms with Gasteiger partial charge in [0.2, 0.25) is 0 Å². The van der Waals surface area contributed by atoms with E-state index in [1.807, 2.05) is 60.7 Å². The summed E-state index contributed by atoms with van der Waals surface area (Å²) in [5.41, 5.74) is 3.17. The lowest BCUT2D eigenvalue weighted by molar-refractivity contribution is -0.138. The number of fused-ring (bicyclic) bond motifs is 2. The highest BCUT2D eigenvalue weighted by Gasteiger charge is 2.07. The van der Waals surface area contributed by atoms with E-state index in [1.165, 1.54) is 6.08 Å². The normalized spacial score (nSPS) is 11.3. The summed E-state index contributed by atoms with van der Waals surface area (Å²) in [4.78, 5) is 20.8. The van der Waals surface area contributed by atoms with E-state index in [2.05, 4.69) is 9.97 Å². The Bertz CT molecular complexity index is 1170. The quantitative estimate of drug-likeness (QED) is 0.280. The monoisotopic (exact) mass is 374 g/mol. The Labute approximate surface area is 161 Å². The van der Waals surface area contributed by atoms with Crippen LogP contribution in [0.15, 0.2) is 72.9 Å². The van der Waals surface area contributed by atoms with Crippen LogP contribution in [0.5, 0.6) is 0 Å². The van der Waals surface area contributed by atoms with Crippen LogP contribution in [0.2, 0.25) is 5.15 Å². The van der Waals surface area contributed by atoms with Crippen LogP contribution in [0.1, 0.15) is 11.1 Å². The van der Waals surface area contributed by atoms with Gasteiger partial charge in [0.05, 0.1) is 11.0 Å². The fraction of sp³-hybridized carbons (Fsp3) is 0.0455. The average Bonchev–Trinajstić information content (AvgIpc) is 2.70. The van der Waals surface area contributed by atoms with Gasteiger partial charge in [-0.3, -0.25) is 4.98 Å². The summed E-state index contributed by atoms with van der Waals surface area (Å²) in [6, 6.07) is 19.2. The van der Waals surface area contributed by atoms with E-state index in [-0.39, 0.29) is 6.61 Å². The lowest BCUT2D eigenvalue weighted by Gasteiger charge is -2.06. The highest BCUT2D eigenvalue weighted by atomic mass is 35.5. The molecule has 27 heavy (non-hydrogen) atoms. The van der Waals surface area contributed by atoms with Crippen molar-refractivity contribution in [1.82, 2.24) is 9.97 Å². The average molecular weight is 375 g/mol. The van der Waals surface area contributed by atoms with Crippen LogP contribution in [0.25, 0.3) is 27.9 Å². The second-order valence-corrected chi connectivity index (χ2v) is 6.35. The third-order valence-electron chi connectivity index (χ3n) is 4.18. The minimum Gasteiger partial charge on any atom is -0.458 e. The molecule has 0 unspecified atom stereocenters. The van der Waals surface area contributed by atoms with E-state index in [9.17, 15) is 4.79 Å². The summed E-state index contributed by atoms with van der Waals surface area (Å²) in [5.74, 6) is -0.452.